The van der Waals surface area contributed by atoms with E-state index < -0.39 is 46.0 Å². The fourth-order valence-corrected chi connectivity index (χ4v) is 8.47. The molecule has 1 heterocycles. The molecule has 4 aliphatic carbocycles. The molecule has 5 aliphatic rings. The molecule has 5 rings (SSSR count). The van der Waals surface area contributed by atoms with Crippen molar-refractivity contribution in [3.05, 3.63) is 11.6 Å². The molecule has 4 fully saturated rings. The number of fused-ring (bicyclic) bond motifs is 7. The maximum Gasteiger partial charge on any atom is 0.182 e. The number of ether oxygens (including phenoxy) is 2. The lowest BCUT2D eigenvalue weighted by Crippen LogP contribution is -2.70. The van der Waals surface area contributed by atoms with Gasteiger partial charge in [0.05, 0.1) is 18.1 Å². The van der Waals surface area contributed by atoms with Crippen LogP contribution in [-0.2, 0) is 19.1 Å². The quantitative estimate of drug-likeness (QED) is 0.641. The van der Waals surface area contributed by atoms with E-state index in [2.05, 4.69) is 0 Å². The van der Waals surface area contributed by atoms with E-state index in [1.165, 1.54) is 0 Å². The van der Waals surface area contributed by atoms with E-state index >= 15 is 4.39 Å². The molecule has 0 aromatic carbocycles. The van der Waals surface area contributed by atoms with Crippen LogP contribution in [0.15, 0.2) is 11.6 Å². The van der Waals surface area contributed by atoms with Crippen molar-refractivity contribution in [2.75, 3.05) is 5.88 Å². The highest BCUT2D eigenvalue weighted by Crippen LogP contribution is 2.72. The summed E-state index contributed by atoms with van der Waals surface area (Å²) in [5, 5.41) is 11.4. The van der Waals surface area contributed by atoms with E-state index in [0.717, 1.165) is 5.57 Å². The second-order valence-corrected chi connectivity index (χ2v) is 11.5. The molecule has 0 radical (unpaired) electrons. The Hall–Kier alpha value is -0.820. The lowest BCUT2D eigenvalue weighted by atomic mass is 9.44. The van der Waals surface area contributed by atoms with Crippen molar-refractivity contribution < 1.29 is 28.6 Å². The van der Waals surface area contributed by atoms with Crippen molar-refractivity contribution in [1.82, 2.24) is 0 Å². The Labute approximate surface area is 187 Å². The van der Waals surface area contributed by atoms with E-state index in [0.29, 0.717) is 32.1 Å². The molecule has 0 aromatic rings. The molecular formula is C24H32ClFO5. The summed E-state index contributed by atoms with van der Waals surface area (Å²) >= 11 is 6.05. The first-order valence-electron chi connectivity index (χ1n) is 11.4. The first-order chi connectivity index (χ1) is 14.4. The first-order valence-corrected chi connectivity index (χ1v) is 12.0. The van der Waals surface area contributed by atoms with Gasteiger partial charge in [-0.1, -0.05) is 19.4 Å². The zero-order chi connectivity index (χ0) is 22.6. The van der Waals surface area contributed by atoms with Gasteiger partial charge in [0, 0.05) is 23.2 Å². The van der Waals surface area contributed by atoms with Gasteiger partial charge in [-0.25, -0.2) is 4.39 Å². The summed E-state index contributed by atoms with van der Waals surface area (Å²) in [5.41, 5.74) is -4.00. The van der Waals surface area contributed by atoms with Crippen molar-refractivity contribution in [3.8, 4) is 0 Å². The number of aliphatic hydroxyl groups excluding tert-OH is 1. The van der Waals surface area contributed by atoms with Crippen molar-refractivity contribution >= 4 is 23.2 Å². The van der Waals surface area contributed by atoms with Gasteiger partial charge in [0.15, 0.2) is 23.0 Å². The van der Waals surface area contributed by atoms with Gasteiger partial charge in [-0.05, 0) is 57.9 Å². The third-order valence-electron chi connectivity index (χ3n) is 9.57. The molecule has 31 heavy (non-hydrogen) atoms. The Morgan fingerprint density at radius 2 is 1.97 bits per heavy atom. The normalized spacial score (nSPS) is 52.6. The maximum atomic E-state index is 17.2. The minimum atomic E-state index is -1.86. The van der Waals surface area contributed by atoms with Gasteiger partial charge in [0.2, 0.25) is 0 Å². The fraction of sp³-hybridized carbons (Fsp3) is 0.833. The summed E-state index contributed by atoms with van der Waals surface area (Å²) in [4.78, 5) is 25.3. The van der Waals surface area contributed by atoms with Crippen LogP contribution in [0.2, 0.25) is 0 Å². The number of hydrogen-bond donors (Lipinski definition) is 1. The van der Waals surface area contributed by atoms with E-state index in [1.54, 1.807) is 19.9 Å². The molecule has 7 heteroatoms. The third kappa shape index (κ3) is 2.43. The average molecular weight is 455 g/mol. The molecule has 5 nitrogen and oxygen atoms in total. The standard InChI is InChI=1S/C24H32ClFO5/c1-20(2)30-19-10-16-15-6-5-13-9-14(27)7-8-21(13,3)23(15,26)17(28)11-22(16,4)24(19,31-20)18(29)12-25/h9,15-17,19,28H,5-8,10-12H2,1-4H3/t15-,16-,17+,19+,21+,22-,23-,24+/m1/s1. The van der Waals surface area contributed by atoms with Crippen LogP contribution in [0.5, 0.6) is 0 Å². The lowest BCUT2D eigenvalue weighted by Gasteiger charge is -2.63. The molecule has 172 valence electrons. The molecule has 3 saturated carbocycles. The van der Waals surface area contributed by atoms with Gasteiger partial charge in [-0.2, -0.15) is 0 Å². The molecular weight excluding hydrogens is 423 g/mol. The number of ketones is 2. The molecule has 1 N–H and O–H groups in total. The summed E-state index contributed by atoms with van der Waals surface area (Å²) in [6.07, 6.45) is 2.28. The van der Waals surface area contributed by atoms with Crippen LogP contribution in [0.4, 0.5) is 4.39 Å². The zero-order valence-corrected chi connectivity index (χ0v) is 19.4. The number of hydrogen-bond acceptors (Lipinski definition) is 5. The average Bonchev–Trinajstić information content (AvgIpc) is 3.09. The minimum Gasteiger partial charge on any atom is -0.390 e. The topological polar surface area (TPSA) is 72.8 Å². The van der Waals surface area contributed by atoms with Gasteiger partial charge in [-0.3, -0.25) is 9.59 Å². The Morgan fingerprint density at radius 3 is 2.65 bits per heavy atom. The van der Waals surface area contributed by atoms with Crippen LogP contribution in [0.25, 0.3) is 0 Å². The SMILES string of the molecule is CC1(C)O[C@H]2C[C@@H]3[C@H]4CCC5=CC(=O)CC[C@]5(C)[C@]4(F)[C@@H](O)C[C@@]3(C)[C@@]2(C(=O)CCl)O1. The summed E-state index contributed by atoms with van der Waals surface area (Å²) < 4.78 is 29.7. The number of halogens is 2. The molecule has 1 saturated heterocycles. The molecule has 0 amide bonds. The highest BCUT2D eigenvalue weighted by molar-refractivity contribution is 6.29. The summed E-state index contributed by atoms with van der Waals surface area (Å²) in [6.45, 7) is 7.38. The van der Waals surface area contributed by atoms with Gasteiger partial charge < -0.3 is 14.6 Å². The predicted molar refractivity (Wildman–Crippen MR) is 112 cm³/mol. The van der Waals surface area contributed by atoms with E-state index in [1.807, 2.05) is 13.8 Å². The van der Waals surface area contributed by atoms with Crippen LogP contribution in [-0.4, -0.2) is 51.8 Å². The number of rotatable bonds is 2. The summed E-state index contributed by atoms with van der Waals surface area (Å²) in [6, 6.07) is 0. The molecule has 0 spiro atoms. The second-order valence-electron chi connectivity index (χ2n) is 11.3. The first kappa shape index (κ1) is 22.0. The smallest absolute Gasteiger partial charge is 0.182 e. The van der Waals surface area contributed by atoms with Crippen LogP contribution >= 0.6 is 11.6 Å². The van der Waals surface area contributed by atoms with Gasteiger partial charge in [0.25, 0.3) is 0 Å². The number of allylic oxidation sites excluding steroid dienone is 1. The van der Waals surface area contributed by atoms with Gasteiger partial charge >= 0.3 is 0 Å². The number of carbonyl (C=O) groups excluding carboxylic acids is 2. The molecule has 0 unspecified atom stereocenters. The summed E-state index contributed by atoms with van der Waals surface area (Å²) in [7, 11) is 0. The Kier molecular flexibility index (Phi) is 4.54. The van der Waals surface area contributed by atoms with Gasteiger partial charge in [-0.15, -0.1) is 11.6 Å². The van der Waals surface area contributed by atoms with E-state index in [-0.39, 0.29) is 29.8 Å². The largest absolute Gasteiger partial charge is 0.390 e. The van der Waals surface area contributed by atoms with Crippen molar-refractivity contribution in [3.63, 3.8) is 0 Å². The van der Waals surface area contributed by atoms with Crippen molar-refractivity contribution in [2.45, 2.75) is 95.5 Å². The monoisotopic (exact) mass is 454 g/mol. The van der Waals surface area contributed by atoms with E-state index in [9.17, 15) is 14.7 Å². The van der Waals surface area contributed by atoms with Crippen LogP contribution in [0, 0.1) is 22.7 Å². The highest BCUT2D eigenvalue weighted by atomic mass is 35.5. The summed E-state index contributed by atoms with van der Waals surface area (Å²) in [5.74, 6) is -2.02. The molecule has 8 atom stereocenters. The molecule has 1 aliphatic heterocycles. The van der Waals surface area contributed by atoms with Crippen LogP contribution < -0.4 is 0 Å². The van der Waals surface area contributed by atoms with Crippen LogP contribution in [0.1, 0.15) is 66.2 Å². The predicted octanol–water partition coefficient (Wildman–Crippen LogP) is 3.89. The Morgan fingerprint density at radius 1 is 1.26 bits per heavy atom. The Balaban J connectivity index is 1.63. The second kappa shape index (κ2) is 6.40. The Bertz CT molecular complexity index is 887. The number of aliphatic hydroxyl groups is 1. The van der Waals surface area contributed by atoms with Gasteiger partial charge in [0.1, 0.15) is 5.67 Å². The number of carbonyl (C=O) groups is 2. The third-order valence-corrected chi connectivity index (χ3v) is 9.81. The van der Waals surface area contributed by atoms with Crippen molar-refractivity contribution in [1.29, 1.82) is 0 Å². The lowest BCUT2D eigenvalue weighted by molar-refractivity contribution is -0.250. The fourth-order valence-electron chi connectivity index (χ4n) is 8.27. The minimum absolute atomic E-state index is 0.0377. The number of alkyl halides is 2. The highest BCUT2D eigenvalue weighted by Gasteiger charge is 2.80. The maximum absolute atomic E-state index is 17.2. The van der Waals surface area contributed by atoms with E-state index in [4.69, 9.17) is 21.1 Å². The van der Waals surface area contributed by atoms with Crippen molar-refractivity contribution in [2.24, 2.45) is 22.7 Å². The van der Waals surface area contributed by atoms with Crippen LogP contribution in [0.3, 0.4) is 0 Å². The molecule has 0 bridgehead atoms. The molecule has 0 aromatic heterocycles. The zero-order valence-electron chi connectivity index (χ0n) is 18.7. The number of Topliss-reactive ketones (excluding diaryl/α,β-unsaturated/α-hetero) is 1.